The summed E-state index contributed by atoms with van der Waals surface area (Å²) in [5.41, 5.74) is 0.996. The van der Waals surface area contributed by atoms with Crippen LogP contribution in [-0.2, 0) is 9.59 Å². The zero-order valence-electron chi connectivity index (χ0n) is 21.7. The summed E-state index contributed by atoms with van der Waals surface area (Å²) in [6, 6.07) is 6.14. The molecule has 1 aromatic carbocycles. The Bertz CT molecular complexity index is 976. The SMILES string of the molecule is CC(C)[C@@H](NC(=O)NC1CCN(C(=O)C(F)(F)F)CC1)C(=O)N1CCC(c2ccc(Cl)cc2)C(C)(C)C1. The molecule has 2 fully saturated rings. The summed E-state index contributed by atoms with van der Waals surface area (Å²) < 4.78 is 37.9. The van der Waals surface area contributed by atoms with Crippen molar-refractivity contribution in [3.05, 3.63) is 34.9 Å². The van der Waals surface area contributed by atoms with Gasteiger partial charge in [-0.05, 0) is 54.2 Å². The Hall–Kier alpha value is -2.49. The van der Waals surface area contributed by atoms with Crippen molar-refractivity contribution >= 4 is 29.4 Å². The third-order valence-corrected chi connectivity index (χ3v) is 7.64. The highest BCUT2D eigenvalue weighted by Crippen LogP contribution is 2.42. The maximum absolute atomic E-state index is 13.5. The van der Waals surface area contributed by atoms with Gasteiger partial charge in [0, 0.05) is 37.2 Å². The van der Waals surface area contributed by atoms with Crippen molar-refractivity contribution in [3.63, 3.8) is 0 Å². The molecule has 0 aliphatic carbocycles. The van der Waals surface area contributed by atoms with Crippen LogP contribution in [0.2, 0.25) is 5.02 Å². The van der Waals surface area contributed by atoms with Crippen LogP contribution in [0.4, 0.5) is 18.0 Å². The molecule has 2 N–H and O–H groups in total. The summed E-state index contributed by atoms with van der Waals surface area (Å²) in [7, 11) is 0. The quantitative estimate of drug-likeness (QED) is 0.570. The van der Waals surface area contributed by atoms with Crippen molar-refractivity contribution in [2.45, 2.75) is 71.1 Å². The van der Waals surface area contributed by atoms with E-state index in [1.807, 2.05) is 38.1 Å². The van der Waals surface area contributed by atoms with E-state index in [-0.39, 0.29) is 55.1 Å². The number of alkyl halides is 3. The van der Waals surface area contributed by atoms with Crippen LogP contribution in [0, 0.1) is 11.3 Å². The van der Waals surface area contributed by atoms with Gasteiger partial charge in [-0.1, -0.05) is 51.4 Å². The number of halogens is 4. The molecule has 4 amide bonds. The third-order valence-electron chi connectivity index (χ3n) is 7.39. The van der Waals surface area contributed by atoms with Crippen LogP contribution in [-0.4, -0.2) is 72.1 Å². The molecule has 2 heterocycles. The molecule has 37 heavy (non-hydrogen) atoms. The van der Waals surface area contributed by atoms with Gasteiger partial charge in [0.05, 0.1) is 0 Å². The number of rotatable bonds is 5. The second-order valence-corrected chi connectivity index (χ2v) is 11.5. The first-order valence-electron chi connectivity index (χ1n) is 12.7. The molecule has 0 radical (unpaired) electrons. The highest BCUT2D eigenvalue weighted by molar-refractivity contribution is 6.30. The molecule has 0 spiro atoms. The first-order chi connectivity index (χ1) is 17.2. The van der Waals surface area contributed by atoms with Crippen LogP contribution in [0.3, 0.4) is 0 Å². The van der Waals surface area contributed by atoms with Crippen molar-refractivity contribution in [1.82, 2.24) is 20.4 Å². The summed E-state index contributed by atoms with van der Waals surface area (Å²) in [5.74, 6) is -1.92. The van der Waals surface area contributed by atoms with E-state index in [0.29, 0.717) is 18.1 Å². The number of nitrogens with one attached hydrogen (secondary N) is 2. The minimum Gasteiger partial charge on any atom is -0.340 e. The number of likely N-dealkylation sites (tertiary alicyclic amines) is 2. The summed E-state index contributed by atoms with van der Waals surface area (Å²) in [6.07, 6.45) is -3.70. The fourth-order valence-corrected chi connectivity index (χ4v) is 5.47. The average molecular weight is 545 g/mol. The molecular formula is C26H36ClF3N4O3. The smallest absolute Gasteiger partial charge is 0.340 e. The van der Waals surface area contributed by atoms with Gasteiger partial charge in [0.2, 0.25) is 5.91 Å². The second kappa shape index (κ2) is 11.5. The maximum atomic E-state index is 13.5. The Morgan fingerprint density at radius 1 is 1.00 bits per heavy atom. The van der Waals surface area contributed by atoms with Crippen molar-refractivity contribution in [2.24, 2.45) is 11.3 Å². The lowest BCUT2D eigenvalue weighted by Gasteiger charge is -2.45. The Morgan fingerprint density at radius 2 is 1.57 bits per heavy atom. The number of nitrogens with zero attached hydrogens (tertiary/aromatic N) is 2. The van der Waals surface area contributed by atoms with E-state index < -0.39 is 24.2 Å². The predicted octanol–water partition coefficient (Wildman–Crippen LogP) is 4.56. The number of carbonyl (C=O) groups excluding carboxylic acids is 3. The zero-order chi connectivity index (χ0) is 27.5. The lowest BCUT2D eigenvalue weighted by molar-refractivity contribution is -0.186. The molecule has 0 saturated carbocycles. The van der Waals surface area contributed by atoms with Crippen molar-refractivity contribution < 1.29 is 27.6 Å². The van der Waals surface area contributed by atoms with Crippen LogP contribution in [0.25, 0.3) is 0 Å². The molecular weight excluding hydrogens is 509 g/mol. The molecule has 2 aliphatic rings. The minimum absolute atomic E-state index is 0.0898. The van der Waals surface area contributed by atoms with Crippen LogP contribution < -0.4 is 10.6 Å². The number of carbonyl (C=O) groups is 3. The van der Waals surface area contributed by atoms with Crippen LogP contribution in [0.1, 0.15) is 58.4 Å². The van der Waals surface area contributed by atoms with Crippen LogP contribution in [0.5, 0.6) is 0 Å². The summed E-state index contributed by atoms with van der Waals surface area (Å²) in [5, 5.41) is 6.22. The summed E-state index contributed by atoms with van der Waals surface area (Å²) >= 11 is 6.04. The Balaban J connectivity index is 1.56. The van der Waals surface area contributed by atoms with Gasteiger partial charge in [-0.2, -0.15) is 13.2 Å². The molecule has 206 valence electrons. The van der Waals surface area contributed by atoms with Crippen LogP contribution >= 0.6 is 11.6 Å². The van der Waals surface area contributed by atoms with Gasteiger partial charge in [-0.25, -0.2) is 4.79 Å². The van der Waals surface area contributed by atoms with E-state index in [0.717, 1.165) is 11.3 Å². The number of benzene rings is 1. The van der Waals surface area contributed by atoms with Gasteiger partial charge in [-0.15, -0.1) is 0 Å². The standard InChI is InChI=1S/C26H36ClF3N4O3/c1-16(2)21(32-24(37)31-19-9-12-33(13-10-19)23(36)26(28,29)30)22(35)34-14-11-20(25(3,4)15-34)17-5-7-18(27)8-6-17/h5-8,16,19-21H,9-15H2,1-4H3,(H2,31,32,37)/t20?,21-/m1/s1. The van der Waals surface area contributed by atoms with E-state index in [9.17, 15) is 27.6 Å². The second-order valence-electron chi connectivity index (χ2n) is 11.0. The summed E-state index contributed by atoms with van der Waals surface area (Å²) in [4.78, 5) is 40.2. The number of hydrogen-bond acceptors (Lipinski definition) is 3. The molecule has 11 heteroatoms. The largest absolute Gasteiger partial charge is 0.471 e. The normalized spacial score (nSPS) is 21.5. The maximum Gasteiger partial charge on any atom is 0.471 e. The van der Waals surface area contributed by atoms with Crippen LogP contribution in [0.15, 0.2) is 24.3 Å². The summed E-state index contributed by atoms with van der Waals surface area (Å²) in [6.45, 7) is 8.90. The van der Waals surface area contributed by atoms with E-state index in [1.54, 1.807) is 4.90 Å². The molecule has 1 aromatic rings. The van der Waals surface area contributed by atoms with Gasteiger partial charge in [0.1, 0.15) is 6.04 Å². The zero-order valence-corrected chi connectivity index (χ0v) is 22.5. The van der Waals surface area contributed by atoms with E-state index in [2.05, 4.69) is 24.5 Å². The van der Waals surface area contributed by atoms with Gasteiger partial charge < -0.3 is 20.4 Å². The number of urea groups is 1. The molecule has 7 nitrogen and oxygen atoms in total. The van der Waals surface area contributed by atoms with Gasteiger partial charge in [-0.3, -0.25) is 9.59 Å². The Kier molecular flexibility index (Phi) is 9.03. The topological polar surface area (TPSA) is 81.8 Å². The van der Waals surface area contributed by atoms with E-state index in [1.165, 1.54) is 5.56 Å². The first-order valence-corrected chi connectivity index (χ1v) is 13.0. The fourth-order valence-electron chi connectivity index (χ4n) is 5.34. The monoisotopic (exact) mass is 544 g/mol. The van der Waals surface area contributed by atoms with Gasteiger partial charge in [0.15, 0.2) is 0 Å². The molecule has 1 unspecified atom stereocenters. The average Bonchev–Trinajstić information content (AvgIpc) is 2.81. The van der Waals surface area contributed by atoms with Gasteiger partial charge >= 0.3 is 18.1 Å². The Labute approximate surface area is 221 Å². The van der Waals surface area contributed by atoms with Gasteiger partial charge in [0.25, 0.3) is 0 Å². The fraction of sp³-hybridized carbons (Fsp3) is 0.654. The molecule has 2 atom stereocenters. The molecule has 0 aromatic heterocycles. The molecule has 2 aliphatic heterocycles. The lowest BCUT2D eigenvalue weighted by Crippen LogP contribution is -2.58. The van der Waals surface area contributed by atoms with Crippen molar-refractivity contribution in [1.29, 1.82) is 0 Å². The third kappa shape index (κ3) is 7.30. The predicted molar refractivity (Wildman–Crippen MR) is 135 cm³/mol. The number of amides is 4. The minimum atomic E-state index is -4.90. The molecule has 0 bridgehead atoms. The highest BCUT2D eigenvalue weighted by Gasteiger charge is 2.44. The van der Waals surface area contributed by atoms with E-state index >= 15 is 0 Å². The van der Waals surface area contributed by atoms with E-state index in [4.69, 9.17) is 11.6 Å². The number of hydrogen-bond donors (Lipinski definition) is 2. The lowest BCUT2D eigenvalue weighted by atomic mass is 9.70. The highest BCUT2D eigenvalue weighted by atomic mass is 35.5. The molecule has 2 saturated heterocycles. The molecule has 3 rings (SSSR count). The van der Waals surface area contributed by atoms with Crippen molar-refractivity contribution in [2.75, 3.05) is 26.2 Å². The Morgan fingerprint density at radius 3 is 2.08 bits per heavy atom. The number of piperidine rings is 2. The first kappa shape index (κ1) is 29.1. The van der Waals surface area contributed by atoms with Crippen molar-refractivity contribution in [3.8, 4) is 0 Å².